The first-order valence-corrected chi connectivity index (χ1v) is 10.3. The highest BCUT2D eigenvalue weighted by molar-refractivity contribution is 7.99. The van der Waals surface area contributed by atoms with E-state index in [1.165, 1.54) is 5.56 Å². The molecule has 0 saturated carbocycles. The van der Waals surface area contributed by atoms with E-state index in [1.807, 2.05) is 43.3 Å². The van der Waals surface area contributed by atoms with Crippen molar-refractivity contribution in [3.63, 3.8) is 0 Å². The van der Waals surface area contributed by atoms with E-state index in [1.54, 1.807) is 37.9 Å². The highest BCUT2D eigenvalue weighted by Gasteiger charge is 2.33. The van der Waals surface area contributed by atoms with Crippen molar-refractivity contribution in [3.05, 3.63) is 70.9 Å². The van der Waals surface area contributed by atoms with E-state index in [4.69, 9.17) is 9.47 Å². The Labute approximate surface area is 174 Å². The molecule has 1 aliphatic rings. The summed E-state index contributed by atoms with van der Waals surface area (Å²) in [6, 6.07) is 14.4. The van der Waals surface area contributed by atoms with Gasteiger partial charge in [0, 0.05) is 16.3 Å². The molecular weight excluding hydrogens is 388 g/mol. The van der Waals surface area contributed by atoms with Crippen molar-refractivity contribution in [1.82, 2.24) is 10.6 Å². The van der Waals surface area contributed by atoms with Crippen molar-refractivity contribution in [1.29, 1.82) is 0 Å². The number of nitrogens with one attached hydrogen (secondary N) is 2. The first-order chi connectivity index (χ1) is 14.0. The number of hydrogen-bond donors (Lipinski definition) is 2. The monoisotopic (exact) mass is 412 g/mol. The standard InChI is InChI=1S/C22H24N2O4S/c1-4-28-21(25)19-18(13-29-17-11-5-14(2)6-12-17)23-22(26)24-20(19)15-7-9-16(27-3)10-8-15/h5-12,20H,4,13H2,1-3H3,(H2,23,24,26)/t20-/m0/s1. The fourth-order valence-electron chi connectivity index (χ4n) is 3.02. The minimum atomic E-state index is -0.595. The Morgan fingerprint density at radius 3 is 2.41 bits per heavy atom. The highest BCUT2D eigenvalue weighted by atomic mass is 32.2. The zero-order valence-corrected chi connectivity index (χ0v) is 17.5. The van der Waals surface area contributed by atoms with Gasteiger partial charge in [-0.15, -0.1) is 11.8 Å². The van der Waals surface area contributed by atoms with Crippen LogP contribution in [0.2, 0.25) is 0 Å². The number of aryl methyl sites for hydroxylation is 1. The van der Waals surface area contributed by atoms with Crippen molar-refractivity contribution in [2.45, 2.75) is 24.8 Å². The van der Waals surface area contributed by atoms with E-state index in [2.05, 4.69) is 10.6 Å². The summed E-state index contributed by atoms with van der Waals surface area (Å²) in [5.74, 6) is 0.697. The molecule has 7 heteroatoms. The minimum absolute atomic E-state index is 0.254. The SMILES string of the molecule is CCOC(=O)C1=C(CSc2ccc(C)cc2)NC(=O)N[C@H]1c1ccc(OC)cc1. The molecule has 152 valence electrons. The summed E-state index contributed by atoms with van der Waals surface area (Å²) in [4.78, 5) is 26.1. The minimum Gasteiger partial charge on any atom is -0.497 e. The molecule has 2 amide bonds. The summed E-state index contributed by atoms with van der Waals surface area (Å²) in [5.41, 5.74) is 2.92. The number of benzene rings is 2. The molecule has 1 atom stereocenters. The molecule has 1 heterocycles. The number of carbonyl (C=O) groups is 2. The maximum atomic E-state index is 12.8. The first-order valence-electron chi connectivity index (χ1n) is 9.33. The summed E-state index contributed by atoms with van der Waals surface area (Å²) in [6.07, 6.45) is 0. The van der Waals surface area contributed by atoms with E-state index in [0.29, 0.717) is 22.8 Å². The second-order valence-electron chi connectivity index (χ2n) is 6.52. The van der Waals surface area contributed by atoms with Crippen LogP contribution < -0.4 is 15.4 Å². The van der Waals surface area contributed by atoms with Crippen molar-refractivity contribution in [2.75, 3.05) is 19.5 Å². The van der Waals surface area contributed by atoms with Gasteiger partial charge in [-0.2, -0.15) is 0 Å². The van der Waals surface area contributed by atoms with Gasteiger partial charge in [0.15, 0.2) is 0 Å². The molecule has 0 aliphatic carbocycles. The maximum absolute atomic E-state index is 12.8. The third kappa shape index (κ3) is 5.12. The second kappa shape index (κ2) is 9.52. The van der Waals surface area contributed by atoms with Crippen LogP contribution in [0.3, 0.4) is 0 Å². The largest absolute Gasteiger partial charge is 0.497 e. The number of hydrogen-bond acceptors (Lipinski definition) is 5. The van der Waals surface area contributed by atoms with Crippen molar-refractivity contribution >= 4 is 23.8 Å². The zero-order chi connectivity index (χ0) is 20.8. The summed E-state index contributed by atoms with van der Waals surface area (Å²) >= 11 is 1.55. The summed E-state index contributed by atoms with van der Waals surface area (Å²) < 4.78 is 10.5. The van der Waals surface area contributed by atoms with Gasteiger partial charge in [-0.3, -0.25) is 0 Å². The van der Waals surface area contributed by atoms with Crippen LogP contribution in [-0.2, 0) is 9.53 Å². The molecule has 0 fully saturated rings. The van der Waals surface area contributed by atoms with Gasteiger partial charge in [-0.25, -0.2) is 9.59 Å². The summed E-state index contributed by atoms with van der Waals surface area (Å²) in [7, 11) is 1.59. The van der Waals surface area contributed by atoms with E-state index < -0.39 is 12.0 Å². The number of carbonyl (C=O) groups excluding carboxylic acids is 2. The lowest BCUT2D eigenvalue weighted by Gasteiger charge is -2.29. The smallest absolute Gasteiger partial charge is 0.338 e. The topological polar surface area (TPSA) is 76.7 Å². The lowest BCUT2D eigenvalue weighted by Crippen LogP contribution is -2.46. The van der Waals surface area contributed by atoms with Gasteiger partial charge in [0.2, 0.25) is 0 Å². The number of urea groups is 1. The van der Waals surface area contributed by atoms with Crippen LogP contribution >= 0.6 is 11.8 Å². The summed E-state index contributed by atoms with van der Waals surface area (Å²) in [6.45, 7) is 4.04. The van der Waals surface area contributed by atoms with E-state index in [0.717, 1.165) is 10.5 Å². The molecule has 6 nitrogen and oxygen atoms in total. The Bertz CT molecular complexity index is 907. The predicted octanol–water partition coefficient (Wildman–Crippen LogP) is 3.97. The molecule has 2 aromatic carbocycles. The molecule has 0 saturated heterocycles. The molecule has 0 aromatic heterocycles. The first kappa shape index (κ1) is 20.8. The number of ether oxygens (including phenoxy) is 2. The maximum Gasteiger partial charge on any atom is 0.338 e. The van der Waals surface area contributed by atoms with E-state index in [9.17, 15) is 9.59 Å². The lowest BCUT2D eigenvalue weighted by molar-refractivity contribution is -0.139. The molecule has 2 aromatic rings. The van der Waals surface area contributed by atoms with Crippen LogP contribution in [0.25, 0.3) is 0 Å². The normalized spacial score (nSPS) is 16.1. The molecule has 0 bridgehead atoms. The van der Waals surface area contributed by atoms with Crippen LogP contribution in [0.15, 0.2) is 64.7 Å². The quantitative estimate of drug-likeness (QED) is 0.532. The van der Waals surface area contributed by atoms with Crippen LogP contribution in [0.1, 0.15) is 24.1 Å². The highest BCUT2D eigenvalue weighted by Crippen LogP contribution is 2.31. The Kier molecular flexibility index (Phi) is 6.82. The predicted molar refractivity (Wildman–Crippen MR) is 113 cm³/mol. The zero-order valence-electron chi connectivity index (χ0n) is 16.7. The number of amides is 2. The number of thioether (sulfide) groups is 1. The van der Waals surface area contributed by atoms with Gasteiger partial charge in [0.05, 0.1) is 25.3 Å². The lowest BCUT2D eigenvalue weighted by atomic mass is 9.95. The molecule has 1 aliphatic heterocycles. The van der Waals surface area contributed by atoms with Crippen LogP contribution in [0, 0.1) is 6.92 Å². The Morgan fingerprint density at radius 1 is 1.10 bits per heavy atom. The number of esters is 1. The molecule has 29 heavy (non-hydrogen) atoms. The van der Waals surface area contributed by atoms with Gasteiger partial charge < -0.3 is 20.1 Å². The van der Waals surface area contributed by atoms with Crippen molar-refractivity contribution in [2.24, 2.45) is 0 Å². The molecule has 0 unspecified atom stereocenters. The van der Waals surface area contributed by atoms with E-state index in [-0.39, 0.29) is 12.6 Å². The molecule has 0 spiro atoms. The molecule has 2 N–H and O–H groups in total. The Balaban J connectivity index is 1.94. The third-order valence-electron chi connectivity index (χ3n) is 4.50. The fourth-order valence-corrected chi connectivity index (χ4v) is 3.89. The van der Waals surface area contributed by atoms with Crippen LogP contribution in [0.5, 0.6) is 5.75 Å². The van der Waals surface area contributed by atoms with Crippen LogP contribution in [0.4, 0.5) is 4.79 Å². The van der Waals surface area contributed by atoms with Crippen molar-refractivity contribution in [3.8, 4) is 5.75 Å². The number of rotatable bonds is 7. The van der Waals surface area contributed by atoms with Crippen LogP contribution in [-0.4, -0.2) is 31.5 Å². The Morgan fingerprint density at radius 2 is 1.79 bits per heavy atom. The fraction of sp³-hybridized carbons (Fsp3) is 0.273. The van der Waals surface area contributed by atoms with Gasteiger partial charge in [0.1, 0.15) is 5.75 Å². The summed E-state index contributed by atoms with van der Waals surface area (Å²) in [5, 5.41) is 5.63. The molecule has 3 rings (SSSR count). The third-order valence-corrected chi connectivity index (χ3v) is 5.54. The van der Waals surface area contributed by atoms with Gasteiger partial charge in [-0.1, -0.05) is 29.8 Å². The Hall–Kier alpha value is -2.93. The van der Waals surface area contributed by atoms with Crippen molar-refractivity contribution < 1.29 is 19.1 Å². The van der Waals surface area contributed by atoms with Gasteiger partial charge >= 0.3 is 12.0 Å². The second-order valence-corrected chi connectivity index (χ2v) is 7.57. The molecular formula is C22H24N2O4S. The number of methoxy groups -OCH3 is 1. The molecule has 0 radical (unpaired) electrons. The average Bonchev–Trinajstić information content (AvgIpc) is 2.73. The van der Waals surface area contributed by atoms with Gasteiger partial charge in [-0.05, 0) is 43.7 Å². The average molecular weight is 413 g/mol. The van der Waals surface area contributed by atoms with Gasteiger partial charge in [0.25, 0.3) is 0 Å². The van der Waals surface area contributed by atoms with E-state index >= 15 is 0 Å².